The highest BCUT2D eigenvalue weighted by molar-refractivity contribution is 7.89. The first-order valence-electron chi connectivity index (χ1n) is 9.47. The number of fused-ring (bicyclic) bond motifs is 1. The third kappa shape index (κ3) is 7.22. The van der Waals surface area contributed by atoms with Crippen LogP contribution in [0.1, 0.15) is 31.2 Å². The highest BCUT2D eigenvalue weighted by Gasteiger charge is 2.41. The summed E-state index contributed by atoms with van der Waals surface area (Å²) >= 11 is 0. The van der Waals surface area contributed by atoms with E-state index in [1.807, 2.05) is 13.0 Å². The van der Waals surface area contributed by atoms with Gasteiger partial charge in [-0.15, -0.1) is 0 Å². The molecule has 3 rings (SSSR count). The highest BCUT2D eigenvalue weighted by Crippen LogP contribution is 2.29. The molecular weight excluding hydrogens is 431 g/mol. The number of ether oxygens (including phenoxy) is 1. The number of carboxylic acid groups (broad SMARTS) is 1. The van der Waals surface area contributed by atoms with Crippen LogP contribution in [-0.4, -0.2) is 73.3 Å². The molecule has 0 unspecified atom stereocenters. The summed E-state index contributed by atoms with van der Waals surface area (Å²) in [6, 6.07) is 1.72. The molecule has 2 aliphatic heterocycles. The normalized spacial score (nSPS) is 25.2. The van der Waals surface area contributed by atoms with Crippen LogP contribution < -0.4 is 4.72 Å². The van der Waals surface area contributed by atoms with Crippen molar-refractivity contribution in [3.05, 3.63) is 17.5 Å². The maximum atomic E-state index is 12.0. The van der Waals surface area contributed by atoms with E-state index in [1.165, 1.54) is 0 Å². The molecule has 0 aromatic carbocycles. The van der Waals surface area contributed by atoms with Crippen molar-refractivity contribution in [2.24, 2.45) is 5.92 Å². The molecule has 0 bridgehead atoms. The number of nitrogens with one attached hydrogen (secondary N) is 1. The van der Waals surface area contributed by atoms with E-state index < -0.39 is 22.2 Å². The number of aryl methyl sites for hydroxylation is 1. The highest BCUT2D eigenvalue weighted by atomic mass is 32.2. The smallest absolute Gasteiger partial charge is 0.475 e. The molecule has 3 atom stereocenters. The summed E-state index contributed by atoms with van der Waals surface area (Å²) in [6.07, 6.45) is -3.00. The van der Waals surface area contributed by atoms with E-state index in [0.29, 0.717) is 25.6 Å². The number of hydrogen-bond donors (Lipinski definition) is 2. The molecule has 1 aromatic rings. The van der Waals surface area contributed by atoms with Gasteiger partial charge in [0.25, 0.3) is 0 Å². The van der Waals surface area contributed by atoms with E-state index in [-0.39, 0.29) is 17.9 Å². The molecule has 3 heterocycles. The van der Waals surface area contributed by atoms with Gasteiger partial charge in [-0.2, -0.15) is 13.2 Å². The summed E-state index contributed by atoms with van der Waals surface area (Å²) in [5.74, 6) is -1.52. The van der Waals surface area contributed by atoms with Gasteiger partial charge in [0.2, 0.25) is 10.0 Å². The fraction of sp³-hybridized carbons (Fsp3) is 0.765. The third-order valence-electron chi connectivity index (χ3n) is 4.85. The average Bonchev–Trinajstić information content (AvgIpc) is 3.06. The SMILES string of the molecule is CCS(=O)(=O)N[C@@H]1CN(Cc2cc(C)on2)C[C@@H]2CCCO[C@@H]21.O=C(O)C(F)(F)F. The number of alkyl halides is 3. The third-order valence-corrected chi connectivity index (χ3v) is 6.28. The van der Waals surface area contributed by atoms with Crippen molar-refractivity contribution in [3.8, 4) is 0 Å². The Hall–Kier alpha value is -1.70. The molecule has 2 N–H and O–H groups in total. The Bertz CT molecular complexity index is 814. The molecule has 1 aromatic heterocycles. The van der Waals surface area contributed by atoms with Gasteiger partial charge >= 0.3 is 12.1 Å². The Labute approximate surface area is 172 Å². The van der Waals surface area contributed by atoms with Crippen LogP contribution in [0.25, 0.3) is 0 Å². The van der Waals surface area contributed by atoms with E-state index in [9.17, 15) is 21.6 Å². The lowest BCUT2D eigenvalue weighted by Crippen LogP contribution is -2.60. The molecule has 2 fully saturated rings. The van der Waals surface area contributed by atoms with Crippen LogP contribution in [-0.2, 0) is 26.1 Å². The van der Waals surface area contributed by atoms with Crippen molar-refractivity contribution in [1.82, 2.24) is 14.8 Å². The van der Waals surface area contributed by atoms with Crippen molar-refractivity contribution in [3.63, 3.8) is 0 Å². The van der Waals surface area contributed by atoms with Crippen LogP contribution in [0.15, 0.2) is 10.6 Å². The lowest BCUT2D eigenvalue weighted by atomic mass is 9.86. The molecular formula is C17H26F3N3O6S. The van der Waals surface area contributed by atoms with Crippen molar-refractivity contribution < 1.29 is 40.8 Å². The summed E-state index contributed by atoms with van der Waals surface area (Å²) in [7, 11) is -3.25. The molecule has 0 spiro atoms. The minimum absolute atomic E-state index is 0.0274. The summed E-state index contributed by atoms with van der Waals surface area (Å²) in [5.41, 5.74) is 0.884. The summed E-state index contributed by atoms with van der Waals surface area (Å²) in [5, 5.41) is 11.2. The van der Waals surface area contributed by atoms with Gasteiger partial charge in [-0.05, 0) is 32.6 Å². The lowest BCUT2D eigenvalue weighted by Gasteiger charge is -2.45. The van der Waals surface area contributed by atoms with Crippen LogP contribution in [0.3, 0.4) is 0 Å². The average molecular weight is 457 g/mol. The maximum absolute atomic E-state index is 12.0. The summed E-state index contributed by atoms with van der Waals surface area (Å²) in [6.45, 7) is 6.45. The molecule has 0 radical (unpaired) electrons. The largest absolute Gasteiger partial charge is 0.490 e. The van der Waals surface area contributed by atoms with Crippen molar-refractivity contribution in [2.75, 3.05) is 25.4 Å². The number of carbonyl (C=O) groups is 1. The number of hydrogen-bond acceptors (Lipinski definition) is 7. The predicted molar refractivity (Wildman–Crippen MR) is 99.1 cm³/mol. The van der Waals surface area contributed by atoms with Crippen LogP contribution in [0.4, 0.5) is 13.2 Å². The van der Waals surface area contributed by atoms with Crippen LogP contribution in [0, 0.1) is 12.8 Å². The van der Waals surface area contributed by atoms with Crippen molar-refractivity contribution >= 4 is 16.0 Å². The van der Waals surface area contributed by atoms with Crippen LogP contribution in [0.2, 0.25) is 0 Å². The monoisotopic (exact) mass is 457 g/mol. The number of piperidine rings is 1. The predicted octanol–water partition coefficient (Wildman–Crippen LogP) is 1.54. The maximum Gasteiger partial charge on any atom is 0.490 e. The van der Waals surface area contributed by atoms with E-state index in [4.69, 9.17) is 19.2 Å². The number of carboxylic acids is 1. The zero-order valence-electron chi connectivity index (χ0n) is 16.7. The Morgan fingerprint density at radius 2 is 2.07 bits per heavy atom. The van der Waals surface area contributed by atoms with Gasteiger partial charge in [-0.25, -0.2) is 17.9 Å². The van der Waals surface area contributed by atoms with Gasteiger partial charge in [0, 0.05) is 32.3 Å². The molecule has 9 nitrogen and oxygen atoms in total. The van der Waals surface area contributed by atoms with E-state index in [1.54, 1.807) is 6.92 Å². The second-order valence-corrected chi connectivity index (χ2v) is 9.33. The Morgan fingerprint density at radius 3 is 2.60 bits per heavy atom. The van der Waals surface area contributed by atoms with Gasteiger partial charge in [0.15, 0.2) is 0 Å². The van der Waals surface area contributed by atoms with Crippen LogP contribution >= 0.6 is 0 Å². The standard InChI is InChI=1S/C15H25N3O4S.C2HF3O2/c1-3-23(19,20)17-14-10-18(9-13-7-11(2)22-16-13)8-12-5-4-6-21-15(12)14;3-2(4,5)1(6)7/h7,12,14-15,17H,3-6,8-10H2,1-2H3;(H,6,7)/t12-,14+,15-;/m0./s1. The quantitative estimate of drug-likeness (QED) is 0.683. The molecule has 2 aliphatic rings. The molecule has 0 saturated carbocycles. The first-order valence-corrected chi connectivity index (χ1v) is 11.1. The van der Waals surface area contributed by atoms with E-state index >= 15 is 0 Å². The topological polar surface area (TPSA) is 122 Å². The summed E-state index contributed by atoms with van der Waals surface area (Å²) in [4.78, 5) is 11.1. The first-order chi connectivity index (χ1) is 13.9. The molecule has 0 aliphatic carbocycles. The minimum Gasteiger partial charge on any atom is -0.475 e. The second kappa shape index (κ2) is 10.1. The Kier molecular flexibility index (Phi) is 8.25. The molecule has 2 saturated heterocycles. The number of halogens is 3. The number of aromatic nitrogens is 1. The first kappa shape index (κ1) is 24.6. The number of aliphatic carboxylic acids is 1. The molecule has 30 heavy (non-hydrogen) atoms. The fourth-order valence-electron chi connectivity index (χ4n) is 3.56. The van der Waals surface area contributed by atoms with Crippen molar-refractivity contribution in [2.45, 2.75) is 51.6 Å². The second-order valence-electron chi connectivity index (χ2n) is 7.29. The minimum atomic E-state index is -5.08. The Morgan fingerprint density at radius 1 is 1.40 bits per heavy atom. The zero-order valence-corrected chi connectivity index (χ0v) is 17.5. The Balaban J connectivity index is 0.000000396. The van der Waals surface area contributed by atoms with Crippen LogP contribution in [0.5, 0.6) is 0 Å². The number of sulfonamides is 1. The fourth-order valence-corrected chi connectivity index (χ4v) is 4.40. The van der Waals surface area contributed by atoms with Gasteiger partial charge < -0.3 is 14.4 Å². The van der Waals surface area contributed by atoms with Gasteiger partial charge in [0.05, 0.1) is 23.6 Å². The van der Waals surface area contributed by atoms with Crippen molar-refractivity contribution in [1.29, 1.82) is 0 Å². The van der Waals surface area contributed by atoms with E-state index in [2.05, 4.69) is 14.8 Å². The number of nitrogens with zero attached hydrogens (tertiary/aromatic N) is 2. The zero-order chi connectivity index (χ0) is 22.5. The number of rotatable bonds is 5. The van der Waals surface area contributed by atoms with Gasteiger partial charge in [-0.1, -0.05) is 5.16 Å². The van der Waals surface area contributed by atoms with Gasteiger partial charge in [0.1, 0.15) is 5.76 Å². The lowest BCUT2D eigenvalue weighted by molar-refractivity contribution is -0.192. The summed E-state index contributed by atoms with van der Waals surface area (Å²) < 4.78 is 69.6. The molecule has 13 heteroatoms. The number of likely N-dealkylation sites (tertiary alicyclic amines) is 1. The molecule has 172 valence electrons. The van der Waals surface area contributed by atoms with E-state index in [0.717, 1.165) is 30.8 Å². The van der Waals surface area contributed by atoms with Gasteiger partial charge in [-0.3, -0.25) is 4.90 Å². The molecule has 0 amide bonds.